The van der Waals surface area contributed by atoms with E-state index in [9.17, 15) is 0 Å². The summed E-state index contributed by atoms with van der Waals surface area (Å²) in [4.78, 5) is 0.190. The summed E-state index contributed by atoms with van der Waals surface area (Å²) in [6, 6.07) is 12.7. The van der Waals surface area contributed by atoms with Crippen molar-refractivity contribution in [1.29, 1.82) is 0 Å². The largest absolute Gasteiger partial charge is 0.496 e. The van der Waals surface area contributed by atoms with Crippen molar-refractivity contribution >= 4 is 31.9 Å². The van der Waals surface area contributed by atoms with Gasteiger partial charge in [0.05, 0.1) is 16.4 Å². The Kier molecular flexibility index (Phi) is 4.69. The lowest BCUT2D eigenvalue weighted by Gasteiger charge is -2.15. The predicted octanol–water partition coefficient (Wildman–Crippen LogP) is 5.56. The molecular formula is C16H16Br2O. The van der Waals surface area contributed by atoms with E-state index in [1.807, 2.05) is 6.07 Å². The zero-order valence-electron chi connectivity index (χ0n) is 11.2. The van der Waals surface area contributed by atoms with Crippen molar-refractivity contribution in [3.63, 3.8) is 0 Å². The Bertz CT molecular complexity index is 593. The lowest BCUT2D eigenvalue weighted by atomic mass is 9.99. The Morgan fingerprint density at radius 3 is 2.37 bits per heavy atom. The molecule has 1 nitrogen and oxygen atoms in total. The van der Waals surface area contributed by atoms with Gasteiger partial charge in [0, 0.05) is 0 Å². The van der Waals surface area contributed by atoms with Crippen LogP contribution in [0.15, 0.2) is 40.9 Å². The van der Waals surface area contributed by atoms with E-state index in [0.29, 0.717) is 0 Å². The minimum absolute atomic E-state index is 0.190. The van der Waals surface area contributed by atoms with E-state index in [4.69, 9.17) is 4.74 Å². The molecule has 3 heteroatoms. The van der Waals surface area contributed by atoms with E-state index >= 15 is 0 Å². The monoisotopic (exact) mass is 382 g/mol. The minimum Gasteiger partial charge on any atom is -0.496 e. The smallest absolute Gasteiger partial charge is 0.133 e. The fourth-order valence-electron chi connectivity index (χ4n) is 2.13. The van der Waals surface area contributed by atoms with E-state index in [2.05, 4.69) is 76.0 Å². The summed E-state index contributed by atoms with van der Waals surface area (Å²) in [5.41, 5.74) is 5.09. The van der Waals surface area contributed by atoms with E-state index in [0.717, 1.165) is 10.2 Å². The summed E-state index contributed by atoms with van der Waals surface area (Å²) in [5, 5.41) is 0. The number of hydrogen-bond acceptors (Lipinski definition) is 1. The molecule has 0 radical (unpaired) electrons. The van der Waals surface area contributed by atoms with Crippen LogP contribution in [0, 0.1) is 13.8 Å². The molecule has 100 valence electrons. The molecule has 0 aromatic heterocycles. The first-order valence-electron chi connectivity index (χ1n) is 6.07. The zero-order chi connectivity index (χ0) is 14.0. The van der Waals surface area contributed by atoms with Gasteiger partial charge < -0.3 is 4.74 Å². The van der Waals surface area contributed by atoms with Crippen LogP contribution in [0.2, 0.25) is 0 Å². The van der Waals surface area contributed by atoms with Crippen LogP contribution in [0.3, 0.4) is 0 Å². The highest BCUT2D eigenvalue weighted by Crippen LogP contribution is 2.36. The van der Waals surface area contributed by atoms with Gasteiger partial charge in [0.25, 0.3) is 0 Å². The van der Waals surface area contributed by atoms with Gasteiger partial charge in [0.2, 0.25) is 0 Å². The molecule has 0 amide bonds. The van der Waals surface area contributed by atoms with Crippen LogP contribution in [0.4, 0.5) is 0 Å². The Labute approximate surface area is 131 Å². The van der Waals surface area contributed by atoms with Gasteiger partial charge in [-0.05, 0) is 58.6 Å². The Morgan fingerprint density at radius 2 is 1.79 bits per heavy atom. The molecule has 0 N–H and O–H groups in total. The molecule has 2 aromatic rings. The van der Waals surface area contributed by atoms with Gasteiger partial charge in [-0.1, -0.05) is 45.8 Å². The maximum absolute atomic E-state index is 5.26. The number of rotatable bonds is 3. The van der Waals surface area contributed by atoms with Gasteiger partial charge in [-0.15, -0.1) is 0 Å². The fourth-order valence-corrected chi connectivity index (χ4v) is 3.49. The standard InChI is InChI=1S/C16H16Br2O/c1-10-4-6-13(11(2)8-10)16(18)12-5-7-15(19-3)14(17)9-12/h4-9,16H,1-3H3. The Morgan fingerprint density at radius 1 is 1.05 bits per heavy atom. The summed E-state index contributed by atoms with van der Waals surface area (Å²) in [5.74, 6) is 0.851. The number of methoxy groups -OCH3 is 1. The van der Waals surface area contributed by atoms with Crippen molar-refractivity contribution in [3.05, 3.63) is 63.1 Å². The molecule has 0 saturated carbocycles. The normalized spacial score (nSPS) is 12.3. The first-order valence-corrected chi connectivity index (χ1v) is 7.78. The van der Waals surface area contributed by atoms with Crippen molar-refractivity contribution in [2.75, 3.05) is 7.11 Å². The molecule has 1 atom stereocenters. The lowest BCUT2D eigenvalue weighted by Crippen LogP contribution is -1.97. The third-order valence-corrected chi connectivity index (χ3v) is 4.81. The molecule has 0 heterocycles. The summed E-state index contributed by atoms with van der Waals surface area (Å²) >= 11 is 7.32. The lowest BCUT2D eigenvalue weighted by molar-refractivity contribution is 0.412. The van der Waals surface area contributed by atoms with E-state index in [1.165, 1.54) is 22.3 Å². The average Bonchev–Trinajstić information content (AvgIpc) is 2.38. The van der Waals surface area contributed by atoms with Crippen molar-refractivity contribution in [1.82, 2.24) is 0 Å². The molecule has 0 saturated heterocycles. The first kappa shape index (κ1) is 14.6. The second-order valence-corrected chi connectivity index (χ2v) is 6.39. The van der Waals surface area contributed by atoms with Crippen molar-refractivity contribution in [3.8, 4) is 5.75 Å². The molecule has 0 aliphatic heterocycles. The molecule has 19 heavy (non-hydrogen) atoms. The average molecular weight is 384 g/mol. The maximum atomic E-state index is 5.26. The third kappa shape index (κ3) is 3.21. The van der Waals surface area contributed by atoms with E-state index in [-0.39, 0.29) is 4.83 Å². The van der Waals surface area contributed by atoms with Gasteiger partial charge in [-0.3, -0.25) is 0 Å². The number of hydrogen-bond donors (Lipinski definition) is 0. The third-order valence-electron chi connectivity index (χ3n) is 3.17. The molecule has 1 unspecified atom stereocenters. The molecule has 0 bridgehead atoms. The van der Waals surface area contributed by atoms with Gasteiger partial charge in [0.1, 0.15) is 5.75 Å². The van der Waals surface area contributed by atoms with Crippen LogP contribution in [0.5, 0.6) is 5.75 Å². The molecule has 0 fully saturated rings. The van der Waals surface area contributed by atoms with E-state index < -0.39 is 0 Å². The number of ether oxygens (including phenoxy) is 1. The van der Waals surface area contributed by atoms with Gasteiger partial charge in [-0.25, -0.2) is 0 Å². The van der Waals surface area contributed by atoms with Gasteiger partial charge in [-0.2, -0.15) is 0 Å². The van der Waals surface area contributed by atoms with Crippen LogP contribution >= 0.6 is 31.9 Å². The van der Waals surface area contributed by atoms with Crippen LogP contribution in [0.25, 0.3) is 0 Å². The van der Waals surface area contributed by atoms with Crippen LogP contribution in [-0.2, 0) is 0 Å². The predicted molar refractivity (Wildman–Crippen MR) is 87.4 cm³/mol. The zero-order valence-corrected chi connectivity index (χ0v) is 14.4. The number of alkyl halides is 1. The second kappa shape index (κ2) is 6.10. The molecule has 0 aliphatic rings. The highest BCUT2D eigenvalue weighted by atomic mass is 79.9. The van der Waals surface area contributed by atoms with Crippen molar-refractivity contribution < 1.29 is 4.74 Å². The Balaban J connectivity index is 2.38. The minimum atomic E-state index is 0.190. The SMILES string of the molecule is COc1ccc(C(Br)c2ccc(C)cc2C)cc1Br. The summed E-state index contributed by atoms with van der Waals surface area (Å²) in [6.07, 6.45) is 0. The van der Waals surface area contributed by atoms with Gasteiger partial charge in [0.15, 0.2) is 0 Å². The summed E-state index contributed by atoms with van der Waals surface area (Å²) in [7, 11) is 1.68. The highest BCUT2D eigenvalue weighted by Gasteiger charge is 2.14. The molecule has 0 spiro atoms. The topological polar surface area (TPSA) is 9.23 Å². The van der Waals surface area contributed by atoms with E-state index in [1.54, 1.807) is 7.11 Å². The van der Waals surface area contributed by atoms with Crippen molar-refractivity contribution in [2.24, 2.45) is 0 Å². The van der Waals surface area contributed by atoms with Crippen LogP contribution < -0.4 is 4.74 Å². The first-order chi connectivity index (χ1) is 9.02. The fraction of sp³-hybridized carbons (Fsp3) is 0.250. The number of aryl methyl sites for hydroxylation is 2. The number of benzene rings is 2. The second-order valence-electron chi connectivity index (χ2n) is 4.62. The number of halogens is 2. The Hall–Kier alpha value is -0.800. The van der Waals surface area contributed by atoms with Crippen LogP contribution in [-0.4, -0.2) is 7.11 Å². The van der Waals surface area contributed by atoms with Crippen molar-refractivity contribution in [2.45, 2.75) is 18.7 Å². The maximum Gasteiger partial charge on any atom is 0.133 e. The molecule has 0 aliphatic carbocycles. The molecular weight excluding hydrogens is 368 g/mol. The van der Waals surface area contributed by atoms with Gasteiger partial charge >= 0.3 is 0 Å². The van der Waals surface area contributed by atoms with Crippen LogP contribution in [0.1, 0.15) is 27.1 Å². The quantitative estimate of drug-likeness (QED) is 0.630. The summed E-state index contributed by atoms with van der Waals surface area (Å²) < 4.78 is 6.24. The molecule has 2 rings (SSSR count). The molecule has 2 aromatic carbocycles. The summed E-state index contributed by atoms with van der Waals surface area (Å²) in [6.45, 7) is 4.26. The highest BCUT2D eigenvalue weighted by molar-refractivity contribution is 9.10.